The first-order chi connectivity index (χ1) is 42.7. The summed E-state index contributed by atoms with van der Waals surface area (Å²) in [5, 5.41) is 51.7. The summed E-state index contributed by atoms with van der Waals surface area (Å²) in [6, 6.07) is 15.4. The number of aliphatic hydroxyl groups is 1. The normalized spacial score (nSPS) is 26.0. The molecule has 27 heteroatoms. The van der Waals surface area contributed by atoms with E-state index in [1.807, 2.05) is 5.32 Å². The van der Waals surface area contributed by atoms with Crippen molar-refractivity contribution in [3.63, 3.8) is 0 Å². The molecule has 1 aliphatic heterocycles. The monoisotopic (exact) mass is 1270 g/mol. The lowest BCUT2D eigenvalue weighted by Gasteiger charge is -2.67. The first kappa shape index (κ1) is 69.7. The van der Waals surface area contributed by atoms with Gasteiger partial charge in [0.15, 0.2) is 11.4 Å². The van der Waals surface area contributed by atoms with E-state index in [0.29, 0.717) is 5.56 Å². The third kappa shape index (κ3) is 15.2. The zero-order chi connectivity index (χ0) is 67.1. The number of nitrogens with one attached hydrogen (secondary N) is 4. The number of aliphatic carboxylic acids is 3. The smallest absolute Gasteiger partial charge is 0.408 e. The maximum Gasteiger partial charge on any atom is 0.408 e. The van der Waals surface area contributed by atoms with Crippen molar-refractivity contribution in [2.24, 2.45) is 16.7 Å². The van der Waals surface area contributed by atoms with Crippen LogP contribution in [0.5, 0.6) is 0 Å². The quantitative estimate of drug-likeness (QED) is 0.0326. The Morgan fingerprint density at radius 3 is 1.93 bits per heavy atom. The maximum atomic E-state index is 15.9. The Balaban J connectivity index is 1.20. The fourth-order valence-corrected chi connectivity index (χ4v) is 12.9. The number of urea groups is 1. The number of benzene rings is 3. The van der Waals surface area contributed by atoms with Crippen molar-refractivity contribution in [3.8, 4) is 0 Å². The van der Waals surface area contributed by atoms with Gasteiger partial charge in [0.2, 0.25) is 12.0 Å². The van der Waals surface area contributed by atoms with Crippen LogP contribution in [-0.4, -0.2) is 172 Å². The van der Waals surface area contributed by atoms with E-state index in [2.05, 4.69) is 16.0 Å². The molecule has 27 nitrogen and oxygen atoms in total. The molecule has 4 aliphatic rings. The summed E-state index contributed by atoms with van der Waals surface area (Å²) < 4.78 is 49.1. The minimum absolute atomic E-state index is 0.0302. The van der Waals surface area contributed by atoms with Crippen LogP contribution >= 0.6 is 0 Å². The molecule has 3 aromatic carbocycles. The number of esters is 4. The molecule has 0 spiro atoms. The second kappa shape index (κ2) is 28.2. The Kier molecular flexibility index (Phi) is 21.6. The molecule has 13 atom stereocenters. The van der Waals surface area contributed by atoms with Gasteiger partial charge in [-0.3, -0.25) is 24.0 Å². The summed E-state index contributed by atoms with van der Waals surface area (Å²) in [7, 11) is 2.67. The lowest BCUT2D eigenvalue weighted by molar-refractivity contribution is -0.347. The molecular formula is C64H78N4O23. The van der Waals surface area contributed by atoms with E-state index in [0.717, 1.165) is 0 Å². The number of Topliss-reactive ketones (excluding diaryl/α,β-unsaturated/α-hetero) is 1. The number of hydrogen-bond acceptors (Lipinski definition) is 20. The van der Waals surface area contributed by atoms with Crippen LogP contribution in [0.3, 0.4) is 0 Å². The molecular weight excluding hydrogens is 1190 g/mol. The standard InChI is InChI=1S/C64H78N4O23/c1-33-41(31-64(83)53(89-56(79)37-19-15-12-16-20-37)51-62(8,52(74)49(85-10)47(33)61(64,6)7)42(84-9)30-43-63(51,32-86-43)90-34(2)69)87-57(80)50(48(36-17-13-11-14-18-36)68-59(82)91-60(3,4)5)88-46(73)28-26-44(70)65-38-23-21-35(22-24-38)29-40(55(77)78)67-58(81)66-39(54(75)76)25-27-45(71)72/h11-24,39-43,48-51,53,83H,25-32H2,1-10H3,(H,65,70)(H,68,82)(H,71,72)(H,75,76)(H,77,78)(H2,66,67,81)/t39-,40-,41-,42-,43+,48-,49+,50+,51-,53-,62+,63-,64+/m0/s1. The van der Waals surface area contributed by atoms with E-state index < -0.39 is 186 Å². The van der Waals surface area contributed by atoms with Crippen LogP contribution in [0.2, 0.25) is 0 Å². The third-order valence-electron chi connectivity index (χ3n) is 17.4. The van der Waals surface area contributed by atoms with Crippen LogP contribution in [0.15, 0.2) is 96.1 Å². The predicted molar refractivity (Wildman–Crippen MR) is 316 cm³/mol. The maximum absolute atomic E-state index is 15.9. The molecule has 7 rings (SSSR count). The molecule has 3 aromatic rings. The number of carbonyl (C=O) groups is 11. The fraction of sp³-hybridized carbons (Fsp3) is 0.516. The number of hydrogen-bond donors (Lipinski definition) is 8. The Morgan fingerprint density at radius 1 is 0.769 bits per heavy atom. The first-order valence-corrected chi connectivity index (χ1v) is 29.4. The van der Waals surface area contributed by atoms with E-state index in [1.165, 1.54) is 69.7 Å². The zero-order valence-electron chi connectivity index (χ0n) is 52.1. The molecule has 0 aromatic heterocycles. The van der Waals surface area contributed by atoms with Gasteiger partial charge in [-0.1, -0.05) is 74.5 Å². The Hall–Kier alpha value is -8.79. The second-order valence-electron chi connectivity index (χ2n) is 24.7. The van der Waals surface area contributed by atoms with Gasteiger partial charge < -0.3 is 79.6 Å². The summed E-state index contributed by atoms with van der Waals surface area (Å²) in [4.78, 5) is 148. The lowest BCUT2D eigenvalue weighted by Crippen LogP contribution is -2.82. The average Bonchev–Trinajstić information content (AvgIpc) is 0.670. The number of ketones is 1. The van der Waals surface area contributed by atoms with Gasteiger partial charge in [-0.25, -0.2) is 28.8 Å². The molecule has 8 N–H and O–H groups in total. The summed E-state index contributed by atoms with van der Waals surface area (Å²) in [6.45, 7) is 12.0. The van der Waals surface area contributed by atoms with Gasteiger partial charge in [0.1, 0.15) is 53.7 Å². The van der Waals surface area contributed by atoms with Crippen molar-refractivity contribution in [2.75, 3.05) is 26.1 Å². The fourth-order valence-electron chi connectivity index (χ4n) is 12.9. The Morgan fingerprint density at radius 2 is 1.38 bits per heavy atom. The van der Waals surface area contributed by atoms with Crippen LogP contribution in [0.4, 0.5) is 15.3 Å². The molecule has 2 saturated carbocycles. The summed E-state index contributed by atoms with van der Waals surface area (Å²) >= 11 is 0. The number of amides is 4. The minimum atomic E-state index is -2.41. The van der Waals surface area contributed by atoms with Gasteiger partial charge in [0.25, 0.3) is 0 Å². The number of anilines is 1. The topological polar surface area (TPSA) is 391 Å². The van der Waals surface area contributed by atoms with Crippen LogP contribution in [-0.2, 0) is 82.7 Å². The highest BCUT2D eigenvalue weighted by molar-refractivity contribution is 5.95. The van der Waals surface area contributed by atoms with E-state index >= 15 is 9.59 Å². The van der Waals surface area contributed by atoms with Gasteiger partial charge in [0.05, 0.1) is 36.0 Å². The van der Waals surface area contributed by atoms with Crippen LogP contribution in [0.1, 0.15) is 121 Å². The number of carboxylic acids is 3. The van der Waals surface area contributed by atoms with Gasteiger partial charge >= 0.3 is 53.9 Å². The van der Waals surface area contributed by atoms with E-state index in [9.17, 15) is 58.5 Å². The SMILES string of the molecule is CO[C@H]1C(=O)[C@]2(C)[C@@H](OC)C[C@H]3OC[C@@]3(OC(C)=O)[C@H]2[C@H](OC(=O)c2ccccc2)[C@]2(O)C[C@H](OC(=O)[C@H](OC(=O)CCC(=O)Nc3ccc(C[C@H](NC(=O)N[C@@H](CCC(=O)O)C(=O)O)C(=O)O)cc3)[C@@H](NC(=O)OC(C)(C)C)c3ccccc3)C(C)=C1C2(C)C. The van der Waals surface area contributed by atoms with E-state index in [4.69, 9.17) is 43.0 Å². The van der Waals surface area contributed by atoms with Crippen molar-refractivity contribution in [2.45, 2.75) is 172 Å². The number of carbonyl (C=O) groups excluding carboxylic acids is 8. The highest BCUT2D eigenvalue weighted by Crippen LogP contribution is 2.65. The zero-order valence-corrected chi connectivity index (χ0v) is 52.1. The lowest BCUT2D eigenvalue weighted by atomic mass is 9.44. The Labute approximate surface area is 524 Å². The van der Waals surface area contributed by atoms with Crippen molar-refractivity contribution >= 4 is 71.3 Å². The number of fused-ring (bicyclic) bond motifs is 5. The summed E-state index contributed by atoms with van der Waals surface area (Å²) in [6.07, 6.45) is -13.2. The van der Waals surface area contributed by atoms with Gasteiger partial charge in [0, 0.05) is 64.3 Å². The number of methoxy groups -OCH3 is 2. The van der Waals surface area contributed by atoms with Crippen LogP contribution < -0.4 is 21.3 Å². The van der Waals surface area contributed by atoms with Gasteiger partial charge in [-0.2, -0.15) is 0 Å². The number of carboxylic acid groups (broad SMARTS) is 3. The molecule has 1 saturated heterocycles. The van der Waals surface area contributed by atoms with Crippen LogP contribution in [0.25, 0.3) is 0 Å². The molecule has 0 radical (unpaired) electrons. The molecule has 2 bridgehead atoms. The molecule has 4 amide bonds. The molecule has 0 unspecified atom stereocenters. The van der Waals surface area contributed by atoms with E-state index in [-0.39, 0.29) is 47.4 Å². The molecule has 492 valence electrons. The second-order valence-corrected chi connectivity index (χ2v) is 24.7. The van der Waals surface area contributed by atoms with Crippen molar-refractivity contribution in [1.29, 1.82) is 0 Å². The van der Waals surface area contributed by atoms with Gasteiger partial charge in [-0.15, -0.1) is 0 Å². The Bertz CT molecular complexity index is 3290. The highest BCUT2D eigenvalue weighted by atomic mass is 16.6. The average molecular weight is 1270 g/mol. The molecule has 91 heavy (non-hydrogen) atoms. The van der Waals surface area contributed by atoms with Crippen molar-refractivity contribution in [3.05, 3.63) is 113 Å². The molecule has 3 fully saturated rings. The predicted octanol–water partition coefficient (Wildman–Crippen LogP) is 5.15. The largest absolute Gasteiger partial charge is 0.481 e. The number of alkyl carbamates (subject to hydrolysis) is 1. The van der Waals surface area contributed by atoms with Crippen molar-refractivity contribution in [1.82, 2.24) is 16.0 Å². The number of rotatable bonds is 24. The minimum Gasteiger partial charge on any atom is -0.481 e. The number of ether oxygens (including phenoxy) is 8. The highest BCUT2D eigenvalue weighted by Gasteiger charge is 2.78. The van der Waals surface area contributed by atoms with Gasteiger partial charge in [-0.05, 0) is 87.6 Å². The summed E-state index contributed by atoms with van der Waals surface area (Å²) in [5.74, 6) is -11.3. The first-order valence-electron chi connectivity index (χ1n) is 29.4. The molecule has 3 aliphatic carbocycles. The van der Waals surface area contributed by atoms with Crippen LogP contribution in [0, 0.1) is 16.7 Å². The molecule has 1 heterocycles. The van der Waals surface area contributed by atoms with Crippen molar-refractivity contribution < 1.29 is 111 Å². The third-order valence-corrected chi connectivity index (χ3v) is 17.4. The summed E-state index contributed by atoms with van der Waals surface area (Å²) in [5.41, 5.74) is -7.53. The van der Waals surface area contributed by atoms with E-state index in [1.54, 1.807) is 84.9 Å².